The number of benzene rings is 3. The van der Waals surface area contributed by atoms with Crippen LogP contribution < -0.4 is 10.6 Å². The summed E-state index contributed by atoms with van der Waals surface area (Å²) in [5, 5.41) is 26.4. The molecule has 0 saturated heterocycles. The predicted molar refractivity (Wildman–Crippen MR) is 162 cm³/mol. The lowest BCUT2D eigenvalue weighted by Gasteiger charge is -2.21. The van der Waals surface area contributed by atoms with Crippen LogP contribution in [0, 0.1) is 6.92 Å². The summed E-state index contributed by atoms with van der Waals surface area (Å²) in [7, 11) is 1.30. The topological polar surface area (TPSA) is 137 Å². The highest BCUT2D eigenvalue weighted by Gasteiger charge is 2.19. The van der Waals surface area contributed by atoms with E-state index in [4.69, 9.17) is 11.6 Å². The van der Waals surface area contributed by atoms with Crippen molar-refractivity contribution in [2.75, 3.05) is 12.4 Å². The van der Waals surface area contributed by atoms with Crippen LogP contribution in [0.4, 0.5) is 10.5 Å². The smallest absolute Gasteiger partial charge is 0.411 e. The molecule has 216 valence electrons. The number of hydrogen-bond donors (Lipinski definition) is 2. The fourth-order valence-electron chi connectivity index (χ4n) is 4.47. The molecule has 0 radical (unpaired) electrons. The van der Waals surface area contributed by atoms with Gasteiger partial charge in [0.05, 0.1) is 30.2 Å². The molecule has 0 spiro atoms. The first-order valence-corrected chi connectivity index (χ1v) is 13.6. The molecule has 2 aromatic heterocycles. The zero-order valence-corrected chi connectivity index (χ0v) is 24.1. The number of anilines is 1. The Morgan fingerprint density at radius 3 is 2.53 bits per heavy atom. The zero-order chi connectivity index (χ0) is 30.2. The molecule has 2 N–H and O–H groups in total. The van der Waals surface area contributed by atoms with Crippen LogP contribution in [0.15, 0.2) is 91.3 Å². The molecule has 43 heavy (non-hydrogen) atoms. The van der Waals surface area contributed by atoms with Gasteiger partial charge < -0.3 is 10.1 Å². The summed E-state index contributed by atoms with van der Waals surface area (Å²) in [6, 6.07) is 23.8. The van der Waals surface area contributed by atoms with Crippen molar-refractivity contribution >= 4 is 35.4 Å². The van der Waals surface area contributed by atoms with Gasteiger partial charge in [-0.05, 0) is 71.8 Å². The van der Waals surface area contributed by atoms with Gasteiger partial charge in [-0.15, -0.1) is 5.10 Å². The van der Waals surface area contributed by atoms with Crippen molar-refractivity contribution in [1.29, 1.82) is 0 Å². The summed E-state index contributed by atoms with van der Waals surface area (Å²) in [4.78, 5) is 24.9. The Balaban J connectivity index is 1.42. The number of halogens is 1. The first-order valence-electron chi connectivity index (χ1n) is 13.2. The first kappa shape index (κ1) is 29.1. The quantitative estimate of drug-likeness (QED) is 0.217. The molecular formula is C31H27ClN8O3. The molecule has 2 amide bonds. The molecule has 5 rings (SSSR count). The second-order valence-electron chi connectivity index (χ2n) is 9.51. The molecule has 0 aliphatic carbocycles. The molecule has 3 aromatic carbocycles. The molecule has 5 aromatic rings. The number of hydrogen-bond acceptors (Lipinski definition) is 8. The summed E-state index contributed by atoms with van der Waals surface area (Å²) >= 11 is 6.24. The van der Waals surface area contributed by atoms with Gasteiger partial charge in [0.2, 0.25) is 5.91 Å². The summed E-state index contributed by atoms with van der Waals surface area (Å²) in [5.41, 5.74) is 5.90. The SMILES string of the molecule is COC(=O)Nc1ccc(-c2cc([C@H](Cc3ccccc3)NC(=O)/C=C/c3cc(Cl)ccc3-n3cnnn3)c(C)nn2)cc1. The highest BCUT2D eigenvalue weighted by atomic mass is 35.5. The van der Waals surface area contributed by atoms with Crippen molar-refractivity contribution < 1.29 is 14.3 Å². The molecule has 0 aliphatic heterocycles. The fourth-order valence-corrected chi connectivity index (χ4v) is 4.65. The Morgan fingerprint density at radius 1 is 1.02 bits per heavy atom. The maximum atomic E-state index is 13.3. The largest absolute Gasteiger partial charge is 0.453 e. The van der Waals surface area contributed by atoms with Crippen molar-refractivity contribution in [2.45, 2.75) is 19.4 Å². The van der Waals surface area contributed by atoms with E-state index in [9.17, 15) is 9.59 Å². The Labute approximate surface area is 252 Å². The minimum atomic E-state index is -0.555. The zero-order valence-electron chi connectivity index (χ0n) is 23.3. The summed E-state index contributed by atoms with van der Waals surface area (Å²) in [6.07, 6.45) is 4.57. The van der Waals surface area contributed by atoms with Crippen LogP contribution in [0.1, 0.15) is 28.4 Å². The van der Waals surface area contributed by atoms with Gasteiger partial charge in [0.25, 0.3) is 0 Å². The van der Waals surface area contributed by atoms with Crippen molar-refractivity contribution in [3.63, 3.8) is 0 Å². The van der Waals surface area contributed by atoms with Crippen molar-refractivity contribution in [3.8, 4) is 16.9 Å². The number of tetrazole rings is 1. The number of methoxy groups -OCH3 is 1. The van der Waals surface area contributed by atoms with Gasteiger partial charge in [-0.2, -0.15) is 14.9 Å². The summed E-state index contributed by atoms with van der Waals surface area (Å²) in [6.45, 7) is 1.86. The molecule has 11 nitrogen and oxygen atoms in total. The highest BCUT2D eigenvalue weighted by Crippen LogP contribution is 2.27. The third kappa shape index (κ3) is 7.46. The van der Waals surface area contributed by atoms with Crippen LogP contribution in [0.5, 0.6) is 0 Å². The average molecular weight is 595 g/mol. The van der Waals surface area contributed by atoms with E-state index in [1.807, 2.05) is 55.5 Å². The van der Waals surface area contributed by atoms with E-state index in [1.165, 1.54) is 24.2 Å². The van der Waals surface area contributed by atoms with E-state index in [0.717, 1.165) is 16.7 Å². The second-order valence-corrected chi connectivity index (χ2v) is 9.94. The maximum absolute atomic E-state index is 13.3. The molecular weight excluding hydrogens is 568 g/mol. The van der Waals surface area contributed by atoms with Crippen molar-refractivity contribution in [2.24, 2.45) is 0 Å². The number of nitrogens with one attached hydrogen (secondary N) is 2. The van der Waals surface area contributed by atoms with Gasteiger partial charge in [0, 0.05) is 33.5 Å². The predicted octanol–water partition coefficient (Wildman–Crippen LogP) is 5.37. The standard InChI is InChI=1S/C31H27ClN8O3/c1-20-26(18-27(37-36-20)22-8-12-25(13-9-22)34-31(42)43-2)28(16-21-6-4-3-5-7-21)35-30(41)15-10-23-17-24(32)11-14-29(23)40-19-33-38-39-40/h3-15,17-19,28H,16H2,1-2H3,(H,34,42)(H,35,41)/b15-10+/t28-/m0/s1. The van der Waals surface area contributed by atoms with Crippen molar-refractivity contribution in [3.05, 3.63) is 119 Å². The lowest BCUT2D eigenvalue weighted by molar-refractivity contribution is -0.117. The molecule has 0 unspecified atom stereocenters. The second kappa shape index (κ2) is 13.5. The minimum Gasteiger partial charge on any atom is -0.453 e. The van der Waals surface area contributed by atoms with Crippen LogP contribution in [-0.4, -0.2) is 49.5 Å². The summed E-state index contributed by atoms with van der Waals surface area (Å²) in [5.74, 6) is -0.306. The number of carbonyl (C=O) groups excluding carboxylic acids is 2. The van der Waals surface area contributed by atoms with Gasteiger partial charge in [-0.1, -0.05) is 54.1 Å². The highest BCUT2D eigenvalue weighted by molar-refractivity contribution is 6.30. The normalized spacial score (nSPS) is 11.7. The van der Waals surface area contributed by atoms with E-state index >= 15 is 0 Å². The van der Waals surface area contributed by atoms with Gasteiger partial charge in [-0.25, -0.2) is 4.79 Å². The Kier molecular flexibility index (Phi) is 9.13. The lowest BCUT2D eigenvalue weighted by Crippen LogP contribution is -2.29. The number of ether oxygens (including phenoxy) is 1. The van der Waals surface area contributed by atoms with E-state index in [2.05, 4.69) is 41.1 Å². The minimum absolute atomic E-state index is 0.306. The number of amides is 2. The van der Waals surface area contributed by atoms with Gasteiger partial charge >= 0.3 is 6.09 Å². The number of carbonyl (C=O) groups is 2. The van der Waals surface area contributed by atoms with E-state index < -0.39 is 12.1 Å². The number of aryl methyl sites for hydroxylation is 1. The first-order chi connectivity index (χ1) is 20.9. The number of rotatable bonds is 9. The van der Waals surface area contributed by atoms with E-state index in [0.29, 0.717) is 39.8 Å². The van der Waals surface area contributed by atoms with Gasteiger partial charge in [0.1, 0.15) is 6.33 Å². The maximum Gasteiger partial charge on any atom is 0.411 e. The van der Waals surface area contributed by atoms with Crippen molar-refractivity contribution in [1.82, 2.24) is 35.7 Å². The molecule has 0 fully saturated rings. The molecule has 0 aliphatic rings. The van der Waals surface area contributed by atoms with Crippen LogP contribution in [0.25, 0.3) is 23.0 Å². The Bertz CT molecular complexity index is 1740. The van der Waals surface area contributed by atoms with Crippen LogP contribution in [0.2, 0.25) is 5.02 Å². The van der Waals surface area contributed by atoms with Gasteiger partial charge in [0.15, 0.2) is 0 Å². The number of nitrogens with zero attached hydrogens (tertiary/aromatic N) is 6. The average Bonchev–Trinajstić information content (AvgIpc) is 3.56. The van der Waals surface area contributed by atoms with E-state index in [1.54, 1.807) is 36.4 Å². The molecule has 2 heterocycles. The molecule has 1 atom stereocenters. The summed E-state index contributed by atoms with van der Waals surface area (Å²) < 4.78 is 6.15. The van der Waals surface area contributed by atoms with Crippen LogP contribution in [0.3, 0.4) is 0 Å². The molecule has 12 heteroatoms. The third-order valence-corrected chi connectivity index (χ3v) is 6.84. The van der Waals surface area contributed by atoms with Gasteiger partial charge in [-0.3, -0.25) is 10.1 Å². The number of aromatic nitrogens is 6. The molecule has 0 saturated carbocycles. The monoisotopic (exact) mass is 594 g/mol. The third-order valence-electron chi connectivity index (χ3n) is 6.60. The van der Waals surface area contributed by atoms with Crippen LogP contribution in [-0.2, 0) is 16.0 Å². The van der Waals surface area contributed by atoms with Crippen LogP contribution >= 0.6 is 11.6 Å². The lowest BCUT2D eigenvalue weighted by atomic mass is 9.96. The fraction of sp³-hybridized carbons (Fsp3) is 0.129. The Morgan fingerprint density at radius 2 is 1.81 bits per heavy atom. The van der Waals surface area contributed by atoms with E-state index in [-0.39, 0.29) is 5.91 Å². The molecule has 0 bridgehead atoms. The Hall–Kier alpha value is -5.42.